The maximum Gasteiger partial charge on any atom is 0.338 e. The van der Waals surface area contributed by atoms with Gasteiger partial charge in [0.1, 0.15) is 36.6 Å². The zero-order chi connectivity index (χ0) is 54.9. The minimum absolute atomic E-state index is 0.0523. The van der Waals surface area contributed by atoms with E-state index in [2.05, 4.69) is 58.8 Å². The van der Waals surface area contributed by atoms with Crippen LogP contribution in [0.15, 0.2) is 75.5 Å². The second-order valence-corrected chi connectivity index (χ2v) is 22.6. The maximum atomic E-state index is 14.2. The third-order valence-electron chi connectivity index (χ3n) is 15.5. The number of carbonyl (C=O) groups excluding carboxylic acids is 3. The van der Waals surface area contributed by atoms with Crippen LogP contribution in [-0.4, -0.2) is 151 Å². The van der Waals surface area contributed by atoms with Gasteiger partial charge >= 0.3 is 5.97 Å². The molecule has 1 aromatic heterocycles. The van der Waals surface area contributed by atoms with Gasteiger partial charge in [-0.25, -0.2) is 4.79 Å². The fraction of sp³-hybridized carbons (Fsp3) is 0.618. The van der Waals surface area contributed by atoms with E-state index in [1.165, 1.54) is 6.42 Å². The third kappa shape index (κ3) is 14.9. The Morgan fingerprint density at radius 2 is 1.64 bits per heavy atom. The molecule has 0 spiro atoms. The summed E-state index contributed by atoms with van der Waals surface area (Å²) in [4.78, 5) is 43.4. The molecule has 7 N–H and O–H groups in total. The van der Waals surface area contributed by atoms with Gasteiger partial charge in [0.25, 0.3) is 0 Å². The topological polar surface area (TPSA) is 263 Å². The molecule has 4 aromatic rings. The Hall–Kier alpha value is -3.88. The van der Waals surface area contributed by atoms with Crippen molar-refractivity contribution in [1.82, 2.24) is 20.3 Å². The fourth-order valence-electron chi connectivity index (χ4n) is 11.3. The van der Waals surface area contributed by atoms with E-state index in [1.807, 2.05) is 32.0 Å². The molecule has 77 heavy (non-hydrogen) atoms. The molecule has 22 heteroatoms. The zero-order valence-corrected chi connectivity index (χ0v) is 46.4. The molecule has 3 aromatic carbocycles. The Labute approximate surface area is 465 Å². The molecule has 2 aliphatic heterocycles. The summed E-state index contributed by atoms with van der Waals surface area (Å²) in [7, 11) is 0. The SMILES string of the molecule is CCC1CC(C(=O)NCCCc2cn(CCC(=O)Nc3ccc(S)c4cc(S)cc(S)c34)nn2)CC(OC2OC(CO)C(O)C(O[C@H](C)CC3CCCCC3)C2OC(=O)c2ccccc2)C1OC1OC(C)C(O)C(O)C1O. The first-order valence-electron chi connectivity index (χ1n) is 27.0. The van der Waals surface area contributed by atoms with Gasteiger partial charge in [0.2, 0.25) is 11.8 Å². The molecule has 2 saturated heterocycles. The summed E-state index contributed by atoms with van der Waals surface area (Å²) < 4.78 is 40.1. The average molecular weight is 1130 g/mol. The number of carbonyl (C=O) groups is 3. The number of aliphatic hydroxyl groups is 5. The summed E-state index contributed by atoms with van der Waals surface area (Å²) in [5.74, 6) is -1.82. The van der Waals surface area contributed by atoms with Crippen LogP contribution in [0.4, 0.5) is 5.69 Å². The lowest BCUT2D eigenvalue weighted by molar-refractivity contribution is -0.349. The van der Waals surface area contributed by atoms with Crippen LogP contribution in [0.5, 0.6) is 0 Å². The molecule has 3 heterocycles. The number of aryl methyl sites for hydroxylation is 2. The summed E-state index contributed by atoms with van der Waals surface area (Å²) in [6.07, 6.45) is -5.94. The van der Waals surface area contributed by atoms with Gasteiger partial charge in [0.15, 0.2) is 18.7 Å². The van der Waals surface area contributed by atoms with Gasteiger partial charge in [-0.3, -0.25) is 14.3 Å². The van der Waals surface area contributed by atoms with Gasteiger partial charge in [-0.1, -0.05) is 68.9 Å². The van der Waals surface area contributed by atoms with E-state index >= 15 is 0 Å². The maximum absolute atomic E-state index is 14.2. The lowest BCUT2D eigenvalue weighted by Crippen LogP contribution is -2.64. The fourth-order valence-corrected chi connectivity index (χ4v) is 12.3. The number of aromatic nitrogens is 3. The average Bonchev–Trinajstić information content (AvgIpc) is 3.89. The van der Waals surface area contributed by atoms with Crippen molar-refractivity contribution in [3.05, 3.63) is 72.1 Å². The van der Waals surface area contributed by atoms with Gasteiger partial charge in [-0.2, -0.15) is 0 Å². The van der Waals surface area contributed by atoms with Crippen LogP contribution in [0.2, 0.25) is 0 Å². The quantitative estimate of drug-likeness (QED) is 0.0282. The molecule has 8 rings (SSSR count). The van der Waals surface area contributed by atoms with Gasteiger partial charge in [0, 0.05) is 50.8 Å². The van der Waals surface area contributed by atoms with Crippen LogP contribution < -0.4 is 10.6 Å². The molecule has 2 aliphatic carbocycles. The highest BCUT2D eigenvalue weighted by Crippen LogP contribution is 2.41. The molecule has 19 nitrogen and oxygen atoms in total. The predicted molar refractivity (Wildman–Crippen MR) is 292 cm³/mol. The van der Waals surface area contributed by atoms with E-state index in [1.54, 1.807) is 54.2 Å². The van der Waals surface area contributed by atoms with E-state index in [0.29, 0.717) is 60.8 Å². The molecule has 15 atom stereocenters. The van der Waals surface area contributed by atoms with Crippen LogP contribution in [0.1, 0.15) is 107 Å². The molecule has 0 radical (unpaired) electrons. The summed E-state index contributed by atoms with van der Waals surface area (Å²) >= 11 is 13.6. The number of hydrogen-bond donors (Lipinski definition) is 10. The van der Waals surface area contributed by atoms with Gasteiger partial charge in [-0.15, -0.1) is 43.0 Å². The number of anilines is 1. The number of esters is 1. The van der Waals surface area contributed by atoms with E-state index < -0.39 is 98.0 Å². The number of thiol groups is 3. The van der Waals surface area contributed by atoms with E-state index in [-0.39, 0.29) is 42.9 Å². The molecule has 4 aliphatic rings. The lowest BCUT2D eigenvalue weighted by atomic mass is 9.75. The molecule has 422 valence electrons. The molecular weight excluding hydrogens is 1050 g/mol. The summed E-state index contributed by atoms with van der Waals surface area (Å²) in [5, 5.41) is 71.0. The molecule has 0 bridgehead atoms. The normalized spacial score (nSPS) is 30.4. The minimum atomic E-state index is -1.64. The highest BCUT2D eigenvalue weighted by molar-refractivity contribution is 7.81. The number of nitrogens with one attached hydrogen (secondary N) is 2. The van der Waals surface area contributed by atoms with Crippen LogP contribution in [0, 0.1) is 17.8 Å². The number of aliphatic hydroxyl groups excluding tert-OH is 5. The Kier molecular flexibility index (Phi) is 21.2. The first kappa shape index (κ1) is 59.2. The van der Waals surface area contributed by atoms with Crippen molar-refractivity contribution in [1.29, 1.82) is 0 Å². The minimum Gasteiger partial charge on any atom is -0.450 e. The van der Waals surface area contributed by atoms with Crippen LogP contribution in [0.25, 0.3) is 10.8 Å². The van der Waals surface area contributed by atoms with Gasteiger partial charge in [-0.05, 0) is 99.6 Å². The van der Waals surface area contributed by atoms with E-state index in [0.717, 1.165) is 46.2 Å². The standard InChI is InChI=1S/C55H75N5O14S3/c1-4-32-23-34(52(67)56-20-11-16-35-27-60(59-58-35)21-19-43(62)57-38-17-18-41(76)37-25-36(75)26-42(77)44(37)38)24-39(49(32)74-54-48(66)47(65)45(63)30(3)70-54)71-55-51(73-53(68)33-14-9-6-10-15-33)50(46(64)40(28-61)72-55)69-29(2)22-31-12-7-5-8-13-31/h6,9-10,14-15,17-18,25-27,29-32,34,39-40,45-51,54-55,61,63-66,75-77H,4-5,7-8,11-13,16,19-24,28H2,1-3H3,(H,56,67)(H,57,62)/t29-,30?,32?,34?,39?,40?,45?,46?,47?,48?,49?,50?,51?,54?,55?/m1/s1. The number of hydrogen-bond acceptors (Lipinski definition) is 19. The molecule has 2 amide bonds. The monoisotopic (exact) mass is 1130 g/mol. The number of fused-ring (bicyclic) bond motifs is 1. The smallest absolute Gasteiger partial charge is 0.338 e. The van der Waals surface area contributed by atoms with Crippen molar-refractivity contribution in [2.24, 2.45) is 17.8 Å². The number of amides is 2. The molecule has 14 unspecified atom stereocenters. The first-order chi connectivity index (χ1) is 37.0. The predicted octanol–water partition coefficient (Wildman–Crippen LogP) is 5.46. The van der Waals surface area contributed by atoms with Crippen molar-refractivity contribution in [2.75, 3.05) is 18.5 Å². The highest BCUT2D eigenvalue weighted by Gasteiger charge is 2.53. The number of nitrogens with zero attached hydrogens (tertiary/aromatic N) is 3. The number of ether oxygens (including phenoxy) is 6. The largest absolute Gasteiger partial charge is 0.450 e. The third-order valence-corrected chi connectivity index (χ3v) is 16.5. The lowest BCUT2D eigenvalue weighted by Gasteiger charge is -2.49. The van der Waals surface area contributed by atoms with E-state index in [9.17, 15) is 39.9 Å². The Morgan fingerprint density at radius 3 is 2.38 bits per heavy atom. The van der Waals surface area contributed by atoms with Crippen molar-refractivity contribution in [3.8, 4) is 0 Å². The summed E-state index contributed by atoms with van der Waals surface area (Å²) in [5.41, 5.74) is 1.53. The Bertz CT molecular complexity index is 2600. The highest BCUT2D eigenvalue weighted by atomic mass is 32.1. The van der Waals surface area contributed by atoms with Crippen LogP contribution in [-0.2, 0) is 51.0 Å². The van der Waals surface area contributed by atoms with Crippen molar-refractivity contribution < 1.29 is 68.3 Å². The van der Waals surface area contributed by atoms with Crippen molar-refractivity contribution in [3.63, 3.8) is 0 Å². The Morgan fingerprint density at radius 1 is 0.870 bits per heavy atom. The Balaban J connectivity index is 0.948. The first-order valence-corrected chi connectivity index (χ1v) is 28.4. The summed E-state index contributed by atoms with van der Waals surface area (Å²) in [6.45, 7) is 5.34. The van der Waals surface area contributed by atoms with Gasteiger partial charge < -0.3 is 64.6 Å². The van der Waals surface area contributed by atoms with E-state index in [4.69, 9.17) is 28.4 Å². The molecular formula is C55H75N5O14S3. The zero-order valence-electron chi connectivity index (χ0n) is 43.7. The van der Waals surface area contributed by atoms with Crippen molar-refractivity contribution >= 4 is 72.1 Å². The molecule has 2 saturated carbocycles. The number of benzene rings is 3. The number of rotatable bonds is 21. The van der Waals surface area contributed by atoms with Crippen molar-refractivity contribution in [2.45, 2.75) is 199 Å². The molecule has 4 fully saturated rings. The van der Waals surface area contributed by atoms with Crippen LogP contribution in [0.3, 0.4) is 0 Å². The van der Waals surface area contributed by atoms with Crippen LogP contribution >= 0.6 is 37.9 Å². The second kappa shape index (κ2) is 27.5. The van der Waals surface area contributed by atoms with Gasteiger partial charge in [0.05, 0.1) is 48.8 Å². The second-order valence-electron chi connectivity index (χ2n) is 21.1. The summed E-state index contributed by atoms with van der Waals surface area (Å²) in [6, 6.07) is 15.6.